The van der Waals surface area contributed by atoms with E-state index in [0.717, 1.165) is 11.1 Å². The van der Waals surface area contributed by atoms with Crippen LogP contribution in [0.1, 0.15) is 29.7 Å². The number of nitrogens with one attached hydrogen (secondary N) is 2. The van der Waals surface area contributed by atoms with Gasteiger partial charge in [-0.2, -0.15) is 0 Å². The summed E-state index contributed by atoms with van der Waals surface area (Å²) in [6.07, 6.45) is 0. The molecule has 1 heterocycles. The van der Waals surface area contributed by atoms with Gasteiger partial charge in [0.25, 0.3) is 0 Å². The molecule has 6 heteroatoms. The van der Waals surface area contributed by atoms with E-state index in [0.29, 0.717) is 17.1 Å². The second-order valence-electron chi connectivity index (χ2n) is 7.42. The summed E-state index contributed by atoms with van der Waals surface area (Å²) in [6.45, 7) is 1.85. The van der Waals surface area contributed by atoms with Crippen molar-refractivity contribution in [1.29, 1.82) is 0 Å². The molecule has 0 bridgehead atoms. The van der Waals surface area contributed by atoms with E-state index in [1.807, 2.05) is 60.7 Å². The van der Waals surface area contributed by atoms with Crippen LogP contribution in [0.3, 0.4) is 0 Å². The lowest BCUT2D eigenvalue weighted by Crippen LogP contribution is -2.44. The number of amides is 2. The molecule has 0 saturated heterocycles. The number of aliphatic hydroxyl groups is 1. The van der Waals surface area contributed by atoms with Crippen LogP contribution < -0.4 is 20.1 Å². The highest BCUT2D eigenvalue weighted by Crippen LogP contribution is 2.35. The van der Waals surface area contributed by atoms with Crippen LogP contribution in [-0.2, 0) is 5.60 Å². The number of hydrogen-bond acceptors (Lipinski definition) is 4. The van der Waals surface area contributed by atoms with Gasteiger partial charge in [0.2, 0.25) is 6.79 Å². The van der Waals surface area contributed by atoms with Crippen molar-refractivity contribution in [2.75, 3.05) is 13.3 Å². The summed E-state index contributed by atoms with van der Waals surface area (Å²) in [5, 5.41) is 16.7. The molecule has 0 aromatic heterocycles. The van der Waals surface area contributed by atoms with Crippen LogP contribution in [0.25, 0.3) is 0 Å². The molecule has 30 heavy (non-hydrogen) atoms. The summed E-state index contributed by atoms with van der Waals surface area (Å²) in [6, 6.07) is 24.1. The number of ether oxygens (including phenoxy) is 2. The van der Waals surface area contributed by atoms with Crippen LogP contribution in [0.5, 0.6) is 11.5 Å². The second kappa shape index (κ2) is 8.47. The quantitative estimate of drug-likeness (QED) is 0.585. The smallest absolute Gasteiger partial charge is 0.315 e. The van der Waals surface area contributed by atoms with Gasteiger partial charge in [-0.15, -0.1) is 0 Å². The Bertz CT molecular complexity index is 967. The lowest BCUT2D eigenvalue weighted by molar-refractivity contribution is 0.0591. The molecule has 3 N–H and O–H groups in total. The number of benzene rings is 3. The number of urea groups is 1. The fraction of sp³-hybridized carbons (Fsp3) is 0.208. The average Bonchev–Trinajstić information content (AvgIpc) is 3.25. The number of carbonyl (C=O) groups is 1. The molecule has 2 amide bonds. The van der Waals surface area contributed by atoms with Crippen LogP contribution in [0.4, 0.5) is 4.79 Å². The van der Waals surface area contributed by atoms with Gasteiger partial charge in [-0.05, 0) is 35.7 Å². The lowest BCUT2D eigenvalue weighted by Gasteiger charge is -2.26. The normalized spacial score (nSPS) is 14.2. The Hall–Kier alpha value is -3.51. The van der Waals surface area contributed by atoms with E-state index in [1.165, 1.54) is 0 Å². The first-order chi connectivity index (χ1) is 14.5. The molecule has 0 fully saturated rings. The molecule has 1 aliphatic rings. The van der Waals surface area contributed by atoms with Gasteiger partial charge in [0, 0.05) is 0 Å². The van der Waals surface area contributed by atoms with Gasteiger partial charge in [0.1, 0.15) is 5.60 Å². The Morgan fingerprint density at radius 1 is 0.967 bits per heavy atom. The van der Waals surface area contributed by atoms with Gasteiger partial charge in [0.15, 0.2) is 11.5 Å². The number of rotatable bonds is 6. The van der Waals surface area contributed by atoms with Gasteiger partial charge >= 0.3 is 6.03 Å². The second-order valence-corrected chi connectivity index (χ2v) is 7.42. The minimum atomic E-state index is -1.27. The molecular weight excluding hydrogens is 380 g/mol. The monoisotopic (exact) mass is 404 g/mol. The molecule has 1 aliphatic heterocycles. The molecule has 4 rings (SSSR count). The van der Waals surface area contributed by atoms with E-state index in [1.54, 1.807) is 25.1 Å². The van der Waals surface area contributed by atoms with E-state index in [-0.39, 0.29) is 25.4 Å². The van der Waals surface area contributed by atoms with Crippen LogP contribution >= 0.6 is 0 Å². The highest BCUT2D eigenvalue weighted by Gasteiger charge is 2.27. The molecule has 1 unspecified atom stereocenters. The molecule has 154 valence electrons. The highest BCUT2D eigenvalue weighted by atomic mass is 16.7. The summed E-state index contributed by atoms with van der Waals surface area (Å²) in [4.78, 5) is 12.7. The fourth-order valence-corrected chi connectivity index (χ4v) is 3.42. The Labute approximate surface area is 175 Å². The van der Waals surface area contributed by atoms with Crippen molar-refractivity contribution < 1.29 is 19.4 Å². The summed E-state index contributed by atoms with van der Waals surface area (Å²) in [5.74, 6) is 1.24. The van der Waals surface area contributed by atoms with Crippen molar-refractivity contribution >= 4 is 6.03 Å². The Morgan fingerprint density at radius 3 is 2.20 bits per heavy atom. The molecule has 3 aromatic carbocycles. The lowest BCUT2D eigenvalue weighted by atomic mass is 9.95. The van der Waals surface area contributed by atoms with E-state index in [2.05, 4.69) is 10.6 Å². The predicted octanol–water partition coefficient (Wildman–Crippen LogP) is 3.71. The van der Waals surface area contributed by atoms with Gasteiger partial charge in [0.05, 0.1) is 12.6 Å². The minimum Gasteiger partial charge on any atom is -0.454 e. The van der Waals surface area contributed by atoms with Crippen molar-refractivity contribution in [1.82, 2.24) is 10.6 Å². The molecule has 0 radical (unpaired) electrons. The molecule has 0 aliphatic carbocycles. The third-order valence-corrected chi connectivity index (χ3v) is 5.13. The van der Waals surface area contributed by atoms with E-state index < -0.39 is 5.60 Å². The molecule has 3 aromatic rings. The van der Waals surface area contributed by atoms with E-state index >= 15 is 0 Å². The maximum absolute atomic E-state index is 12.7. The largest absolute Gasteiger partial charge is 0.454 e. The number of carbonyl (C=O) groups excluding carboxylic acids is 1. The van der Waals surface area contributed by atoms with Crippen molar-refractivity contribution in [3.63, 3.8) is 0 Å². The van der Waals surface area contributed by atoms with Crippen molar-refractivity contribution in [2.45, 2.75) is 18.6 Å². The fourth-order valence-electron chi connectivity index (χ4n) is 3.42. The number of hydrogen-bond donors (Lipinski definition) is 3. The third-order valence-electron chi connectivity index (χ3n) is 5.13. The SMILES string of the molecule is CC(O)(CNC(=O)NC(c1ccccc1)c1ccccc1)c1ccc2c(c1)OCO2. The number of fused-ring (bicyclic) bond motifs is 1. The van der Waals surface area contributed by atoms with Crippen molar-refractivity contribution in [2.24, 2.45) is 0 Å². The summed E-state index contributed by atoms with van der Waals surface area (Å²) in [5.41, 5.74) is 1.31. The first kappa shape index (κ1) is 19.8. The van der Waals surface area contributed by atoms with Gasteiger partial charge < -0.3 is 25.2 Å². The maximum atomic E-state index is 12.7. The zero-order valence-electron chi connectivity index (χ0n) is 16.7. The molecular formula is C24H24N2O4. The van der Waals surface area contributed by atoms with Gasteiger partial charge in [-0.25, -0.2) is 4.79 Å². The van der Waals surface area contributed by atoms with Crippen LogP contribution in [-0.4, -0.2) is 24.5 Å². The zero-order chi connectivity index (χ0) is 21.0. The maximum Gasteiger partial charge on any atom is 0.315 e. The van der Waals surface area contributed by atoms with Crippen molar-refractivity contribution in [3.8, 4) is 11.5 Å². The molecule has 0 saturated carbocycles. The van der Waals surface area contributed by atoms with Crippen LogP contribution in [0.15, 0.2) is 78.9 Å². The topological polar surface area (TPSA) is 79.8 Å². The van der Waals surface area contributed by atoms with Gasteiger partial charge in [-0.1, -0.05) is 66.7 Å². The molecule has 6 nitrogen and oxygen atoms in total. The first-order valence-electron chi connectivity index (χ1n) is 9.80. The predicted molar refractivity (Wildman–Crippen MR) is 113 cm³/mol. The van der Waals surface area contributed by atoms with Crippen LogP contribution in [0.2, 0.25) is 0 Å². The Kier molecular flexibility index (Phi) is 5.59. The summed E-state index contributed by atoms with van der Waals surface area (Å²) in [7, 11) is 0. The summed E-state index contributed by atoms with van der Waals surface area (Å²) >= 11 is 0. The van der Waals surface area contributed by atoms with E-state index in [4.69, 9.17) is 9.47 Å². The van der Waals surface area contributed by atoms with E-state index in [9.17, 15) is 9.90 Å². The van der Waals surface area contributed by atoms with Gasteiger partial charge in [-0.3, -0.25) is 0 Å². The minimum absolute atomic E-state index is 0.0365. The van der Waals surface area contributed by atoms with Crippen LogP contribution in [0, 0.1) is 0 Å². The first-order valence-corrected chi connectivity index (χ1v) is 9.80. The Morgan fingerprint density at radius 2 is 1.57 bits per heavy atom. The highest BCUT2D eigenvalue weighted by molar-refractivity contribution is 5.75. The zero-order valence-corrected chi connectivity index (χ0v) is 16.7. The standard InChI is InChI=1S/C24H24N2O4/c1-24(28,19-12-13-20-21(14-19)30-16-29-20)15-25-23(27)26-22(17-8-4-2-5-9-17)18-10-6-3-7-11-18/h2-14,22,28H,15-16H2,1H3,(H2,25,26,27). The Balaban J connectivity index is 1.45. The molecule has 0 spiro atoms. The summed E-state index contributed by atoms with van der Waals surface area (Å²) < 4.78 is 10.7. The third kappa shape index (κ3) is 4.39. The molecule has 1 atom stereocenters. The average molecular weight is 404 g/mol. The van der Waals surface area contributed by atoms with Crippen molar-refractivity contribution in [3.05, 3.63) is 95.6 Å².